The summed E-state index contributed by atoms with van der Waals surface area (Å²) in [6, 6.07) is 4.96. The Hall–Kier alpha value is -0.770. The topological polar surface area (TPSA) is 29.5 Å². The number of rotatable bonds is 4. The van der Waals surface area contributed by atoms with Crippen molar-refractivity contribution in [3.05, 3.63) is 33.8 Å². The van der Waals surface area contributed by atoms with Crippen molar-refractivity contribution in [1.82, 2.24) is 4.90 Å². The van der Waals surface area contributed by atoms with E-state index in [0.29, 0.717) is 16.7 Å². The molecule has 20 heavy (non-hydrogen) atoms. The van der Waals surface area contributed by atoms with Gasteiger partial charge in [0.2, 0.25) is 0 Å². The van der Waals surface area contributed by atoms with Crippen LogP contribution < -0.4 is 0 Å². The standard InChI is InChI=1S/C15H19Cl2NO2/c1-2-20-15(19)14(18-8-4-3-5-9-18)11-6-7-12(16)13(17)10-11/h6-7,10,14H,2-5,8-9H2,1H3/t14-/m0/s1. The van der Waals surface area contributed by atoms with Crippen molar-refractivity contribution in [2.45, 2.75) is 32.2 Å². The number of benzene rings is 1. The van der Waals surface area contributed by atoms with Crippen LogP contribution in [0.2, 0.25) is 10.0 Å². The van der Waals surface area contributed by atoms with Gasteiger partial charge in [0.25, 0.3) is 0 Å². The molecule has 0 aliphatic carbocycles. The van der Waals surface area contributed by atoms with Gasteiger partial charge in [0.15, 0.2) is 0 Å². The summed E-state index contributed by atoms with van der Waals surface area (Å²) in [6.45, 7) is 4.01. The Morgan fingerprint density at radius 2 is 1.95 bits per heavy atom. The van der Waals surface area contributed by atoms with Crippen molar-refractivity contribution in [1.29, 1.82) is 0 Å². The molecule has 0 amide bonds. The van der Waals surface area contributed by atoms with Crippen LogP contribution in [0.15, 0.2) is 18.2 Å². The van der Waals surface area contributed by atoms with Crippen LogP contribution in [0.4, 0.5) is 0 Å². The van der Waals surface area contributed by atoms with Gasteiger partial charge < -0.3 is 4.74 Å². The maximum Gasteiger partial charge on any atom is 0.328 e. The van der Waals surface area contributed by atoms with E-state index in [2.05, 4.69) is 4.90 Å². The molecule has 110 valence electrons. The minimum absolute atomic E-state index is 0.215. The van der Waals surface area contributed by atoms with Crippen LogP contribution in [-0.2, 0) is 9.53 Å². The van der Waals surface area contributed by atoms with E-state index in [1.54, 1.807) is 12.1 Å². The molecular weight excluding hydrogens is 297 g/mol. The molecular formula is C15H19Cl2NO2. The summed E-state index contributed by atoms with van der Waals surface area (Å²) in [5.74, 6) is -0.215. The fraction of sp³-hybridized carbons (Fsp3) is 0.533. The fourth-order valence-corrected chi connectivity index (χ4v) is 2.88. The molecule has 2 rings (SSSR count). The number of carbonyl (C=O) groups is 1. The second kappa shape index (κ2) is 7.30. The molecule has 1 aliphatic rings. The van der Waals surface area contributed by atoms with Crippen LogP contribution in [0, 0.1) is 0 Å². The maximum absolute atomic E-state index is 12.3. The van der Waals surface area contributed by atoms with Crippen LogP contribution >= 0.6 is 23.2 Å². The Morgan fingerprint density at radius 1 is 1.25 bits per heavy atom. The minimum Gasteiger partial charge on any atom is -0.465 e. The zero-order chi connectivity index (χ0) is 14.5. The van der Waals surface area contributed by atoms with Crippen LogP contribution in [0.3, 0.4) is 0 Å². The molecule has 0 unspecified atom stereocenters. The maximum atomic E-state index is 12.3. The van der Waals surface area contributed by atoms with E-state index in [1.807, 2.05) is 13.0 Å². The predicted molar refractivity (Wildman–Crippen MR) is 81.3 cm³/mol. The summed E-state index contributed by atoms with van der Waals surface area (Å²) in [7, 11) is 0. The number of ether oxygens (including phenoxy) is 1. The Bertz CT molecular complexity index is 473. The second-order valence-electron chi connectivity index (χ2n) is 4.92. The van der Waals surface area contributed by atoms with Gasteiger partial charge in [0.1, 0.15) is 6.04 Å². The highest BCUT2D eigenvalue weighted by atomic mass is 35.5. The van der Waals surface area contributed by atoms with Gasteiger partial charge in [-0.25, -0.2) is 4.79 Å². The molecule has 1 atom stereocenters. The third-order valence-electron chi connectivity index (χ3n) is 3.53. The Kier molecular flexibility index (Phi) is 5.70. The molecule has 0 spiro atoms. The molecule has 0 N–H and O–H groups in total. The monoisotopic (exact) mass is 315 g/mol. The molecule has 3 nitrogen and oxygen atoms in total. The quantitative estimate of drug-likeness (QED) is 0.784. The SMILES string of the molecule is CCOC(=O)[C@H](c1ccc(Cl)c(Cl)c1)N1CCCCC1. The summed E-state index contributed by atoms with van der Waals surface area (Å²) < 4.78 is 5.23. The van der Waals surface area contributed by atoms with Crippen molar-refractivity contribution >= 4 is 29.2 Å². The summed E-state index contributed by atoms with van der Waals surface area (Å²) in [5, 5.41) is 0.965. The molecule has 1 saturated heterocycles. The van der Waals surface area contributed by atoms with Crippen LogP contribution in [0.5, 0.6) is 0 Å². The van der Waals surface area contributed by atoms with Gasteiger partial charge in [0.05, 0.1) is 16.7 Å². The molecule has 0 bridgehead atoms. The zero-order valence-corrected chi connectivity index (χ0v) is 13.1. The van der Waals surface area contributed by atoms with Crippen LogP contribution in [0.25, 0.3) is 0 Å². The first-order valence-corrected chi connectivity index (χ1v) is 7.74. The molecule has 1 fully saturated rings. The van der Waals surface area contributed by atoms with Gasteiger partial charge in [-0.15, -0.1) is 0 Å². The number of likely N-dealkylation sites (tertiary alicyclic amines) is 1. The predicted octanol–water partition coefficient (Wildman–Crippen LogP) is 4.08. The highest BCUT2D eigenvalue weighted by Gasteiger charge is 2.30. The summed E-state index contributed by atoms with van der Waals surface area (Å²) in [6.07, 6.45) is 3.43. The van der Waals surface area contributed by atoms with E-state index >= 15 is 0 Å². The minimum atomic E-state index is -0.384. The van der Waals surface area contributed by atoms with Crippen LogP contribution in [-0.4, -0.2) is 30.6 Å². The summed E-state index contributed by atoms with van der Waals surface area (Å²) >= 11 is 12.0. The van der Waals surface area contributed by atoms with Gasteiger partial charge in [-0.1, -0.05) is 35.7 Å². The first kappa shape index (κ1) is 15.6. The highest BCUT2D eigenvalue weighted by molar-refractivity contribution is 6.42. The smallest absolute Gasteiger partial charge is 0.328 e. The van der Waals surface area contributed by atoms with Gasteiger partial charge >= 0.3 is 5.97 Å². The van der Waals surface area contributed by atoms with E-state index in [4.69, 9.17) is 27.9 Å². The third-order valence-corrected chi connectivity index (χ3v) is 4.26. The molecule has 1 aromatic rings. The van der Waals surface area contributed by atoms with Crippen molar-refractivity contribution in [3.63, 3.8) is 0 Å². The van der Waals surface area contributed by atoms with E-state index in [0.717, 1.165) is 31.5 Å². The molecule has 5 heteroatoms. The molecule has 1 heterocycles. The Labute approximate surface area is 129 Å². The number of carbonyl (C=O) groups excluding carboxylic acids is 1. The lowest BCUT2D eigenvalue weighted by Gasteiger charge is -2.33. The molecule has 0 saturated carbocycles. The van der Waals surface area contributed by atoms with E-state index in [9.17, 15) is 4.79 Å². The largest absolute Gasteiger partial charge is 0.465 e. The van der Waals surface area contributed by atoms with Crippen LogP contribution in [0.1, 0.15) is 37.8 Å². The molecule has 1 aliphatic heterocycles. The number of nitrogens with zero attached hydrogens (tertiary/aromatic N) is 1. The summed E-state index contributed by atoms with van der Waals surface area (Å²) in [5.41, 5.74) is 0.847. The van der Waals surface area contributed by atoms with Gasteiger partial charge in [-0.3, -0.25) is 4.90 Å². The number of esters is 1. The number of hydrogen-bond acceptors (Lipinski definition) is 3. The highest BCUT2D eigenvalue weighted by Crippen LogP contribution is 2.30. The van der Waals surface area contributed by atoms with E-state index in [-0.39, 0.29) is 12.0 Å². The molecule has 1 aromatic carbocycles. The van der Waals surface area contributed by atoms with Crippen molar-refractivity contribution in [2.75, 3.05) is 19.7 Å². The number of hydrogen-bond donors (Lipinski definition) is 0. The summed E-state index contributed by atoms with van der Waals surface area (Å²) in [4.78, 5) is 14.5. The van der Waals surface area contributed by atoms with Gasteiger partial charge in [0, 0.05) is 0 Å². The van der Waals surface area contributed by atoms with Crippen molar-refractivity contribution in [3.8, 4) is 0 Å². The lowest BCUT2D eigenvalue weighted by molar-refractivity contribution is -0.150. The lowest BCUT2D eigenvalue weighted by atomic mass is 10.0. The first-order chi connectivity index (χ1) is 9.63. The van der Waals surface area contributed by atoms with Gasteiger partial charge in [-0.2, -0.15) is 0 Å². The number of piperidine rings is 1. The fourth-order valence-electron chi connectivity index (χ4n) is 2.58. The van der Waals surface area contributed by atoms with E-state index in [1.165, 1.54) is 6.42 Å². The first-order valence-electron chi connectivity index (χ1n) is 6.99. The van der Waals surface area contributed by atoms with E-state index < -0.39 is 0 Å². The third kappa shape index (κ3) is 3.66. The normalized spacial score (nSPS) is 17.8. The average molecular weight is 316 g/mol. The number of halogens is 2. The Balaban J connectivity index is 2.28. The second-order valence-corrected chi connectivity index (χ2v) is 5.74. The lowest BCUT2D eigenvalue weighted by Crippen LogP contribution is -2.38. The zero-order valence-electron chi connectivity index (χ0n) is 11.6. The Morgan fingerprint density at radius 3 is 2.55 bits per heavy atom. The van der Waals surface area contributed by atoms with Crippen molar-refractivity contribution < 1.29 is 9.53 Å². The molecule has 0 aromatic heterocycles. The average Bonchev–Trinajstić information content (AvgIpc) is 2.44. The van der Waals surface area contributed by atoms with Gasteiger partial charge in [-0.05, 0) is 50.6 Å². The van der Waals surface area contributed by atoms with Crippen molar-refractivity contribution in [2.24, 2.45) is 0 Å². The molecule has 0 radical (unpaired) electrons.